The minimum Gasteiger partial charge on any atom is -0.496 e. The number of nitrogens with two attached hydrogens (primary N) is 1. The second-order valence-electron chi connectivity index (χ2n) is 6.82. The van der Waals surface area contributed by atoms with E-state index in [0.717, 1.165) is 18.9 Å². The van der Waals surface area contributed by atoms with Gasteiger partial charge in [0.25, 0.3) is 0 Å². The molecule has 1 aliphatic heterocycles. The van der Waals surface area contributed by atoms with Gasteiger partial charge in [0, 0.05) is 31.7 Å². The molecule has 0 spiro atoms. The van der Waals surface area contributed by atoms with Gasteiger partial charge in [0.15, 0.2) is 0 Å². The molecule has 0 saturated carbocycles. The molecule has 0 bridgehead atoms. The van der Waals surface area contributed by atoms with Crippen molar-refractivity contribution in [1.29, 1.82) is 0 Å². The first-order valence-electron chi connectivity index (χ1n) is 9.48. The molecule has 0 aliphatic carbocycles. The average Bonchev–Trinajstić information content (AvgIpc) is 2.73. The summed E-state index contributed by atoms with van der Waals surface area (Å²) in [4.78, 5) is 34.7. The summed E-state index contributed by atoms with van der Waals surface area (Å²) in [7, 11) is 1.40. The summed E-state index contributed by atoms with van der Waals surface area (Å²) in [5, 5.41) is 3.20. The van der Waals surface area contributed by atoms with Gasteiger partial charge in [0.05, 0.1) is 18.2 Å². The van der Waals surface area contributed by atoms with Crippen LogP contribution in [0, 0.1) is 5.82 Å². The van der Waals surface area contributed by atoms with Crippen LogP contribution in [0.4, 0.5) is 16.2 Å². The summed E-state index contributed by atoms with van der Waals surface area (Å²) in [6.07, 6.45) is 3.38. The summed E-state index contributed by atoms with van der Waals surface area (Å²) >= 11 is 0. The molecule has 154 valence electrons. The largest absolute Gasteiger partial charge is 0.496 e. The Hall–Kier alpha value is -3.23. The number of nitrogens with one attached hydrogen (secondary N) is 1. The van der Waals surface area contributed by atoms with Crippen molar-refractivity contribution in [1.82, 2.24) is 14.9 Å². The Morgan fingerprint density at radius 2 is 2.03 bits per heavy atom. The Kier molecular flexibility index (Phi) is 6.26. The van der Waals surface area contributed by atoms with E-state index in [1.54, 1.807) is 0 Å². The third-order valence-electron chi connectivity index (χ3n) is 4.95. The number of halogens is 1. The fraction of sp³-hybridized carbons (Fsp3) is 0.400. The van der Waals surface area contributed by atoms with Crippen LogP contribution in [0.15, 0.2) is 24.4 Å². The quantitative estimate of drug-likeness (QED) is 0.714. The van der Waals surface area contributed by atoms with Gasteiger partial charge in [-0.05, 0) is 31.0 Å². The lowest BCUT2D eigenvalue weighted by Gasteiger charge is -2.32. The molecule has 1 amide bonds. The maximum atomic E-state index is 13.6. The smallest absolute Gasteiger partial charge is 0.224 e. The lowest BCUT2D eigenvalue weighted by Crippen LogP contribution is -2.42. The van der Waals surface area contributed by atoms with Gasteiger partial charge in [-0.25, -0.2) is 9.37 Å². The first kappa shape index (κ1) is 20.5. The molecule has 2 heterocycles. The Morgan fingerprint density at radius 3 is 2.66 bits per heavy atom. The number of hydrogen-bond donors (Lipinski definition) is 2. The van der Waals surface area contributed by atoms with E-state index in [2.05, 4.69) is 15.3 Å². The number of hydrogen-bond acceptors (Lipinski definition) is 7. The molecule has 0 radical (unpaired) electrons. The van der Waals surface area contributed by atoms with E-state index in [9.17, 15) is 14.0 Å². The van der Waals surface area contributed by atoms with Gasteiger partial charge in [0.1, 0.15) is 17.4 Å². The van der Waals surface area contributed by atoms with Crippen molar-refractivity contribution in [2.75, 3.05) is 31.2 Å². The predicted molar refractivity (Wildman–Crippen MR) is 106 cm³/mol. The standard InChI is InChI=1S/C20H24FN5O3/c1-3-17(27)26-8-6-13(7-9-26)24-20-23-11-15(19(22)25-20)18(28)14-10-12(21)4-5-16(14)29-2/h4-5,10-11,13H,3,6-9H2,1-2H3,(H3,22,23,24,25). The Labute approximate surface area is 168 Å². The molecule has 8 nitrogen and oxygen atoms in total. The molecule has 1 fully saturated rings. The Morgan fingerprint density at radius 1 is 1.31 bits per heavy atom. The summed E-state index contributed by atoms with van der Waals surface area (Å²) in [6, 6.07) is 3.80. The minimum absolute atomic E-state index is 0.00240. The highest BCUT2D eigenvalue weighted by atomic mass is 19.1. The number of carbonyl (C=O) groups excluding carboxylic acids is 2. The second kappa shape index (κ2) is 8.85. The number of nitrogens with zero attached hydrogens (tertiary/aromatic N) is 3. The molecule has 3 N–H and O–H groups in total. The molecule has 1 aliphatic rings. The van der Waals surface area contributed by atoms with Crippen LogP contribution in [0.3, 0.4) is 0 Å². The Bertz CT molecular complexity index is 913. The van der Waals surface area contributed by atoms with Gasteiger partial charge in [-0.3, -0.25) is 9.59 Å². The summed E-state index contributed by atoms with van der Waals surface area (Å²) in [5.74, 6) is -0.370. The fourth-order valence-electron chi connectivity index (χ4n) is 3.32. The van der Waals surface area contributed by atoms with Gasteiger partial charge in [-0.15, -0.1) is 0 Å². The van der Waals surface area contributed by atoms with Crippen molar-refractivity contribution in [2.45, 2.75) is 32.2 Å². The van der Waals surface area contributed by atoms with Gasteiger partial charge in [-0.2, -0.15) is 4.98 Å². The molecule has 9 heteroatoms. The third-order valence-corrected chi connectivity index (χ3v) is 4.95. The topological polar surface area (TPSA) is 110 Å². The highest BCUT2D eigenvalue weighted by molar-refractivity contribution is 6.13. The molecule has 2 aromatic rings. The van der Waals surface area contributed by atoms with Crippen LogP contribution < -0.4 is 15.8 Å². The number of ketones is 1. The summed E-state index contributed by atoms with van der Waals surface area (Å²) < 4.78 is 18.7. The van der Waals surface area contributed by atoms with Crippen LogP contribution >= 0.6 is 0 Å². The molecule has 1 aromatic heterocycles. The zero-order valence-electron chi connectivity index (χ0n) is 16.4. The first-order valence-corrected chi connectivity index (χ1v) is 9.48. The van der Waals surface area contributed by atoms with Crippen molar-refractivity contribution < 1.29 is 18.7 Å². The predicted octanol–water partition coefficient (Wildman–Crippen LogP) is 2.25. The van der Waals surface area contributed by atoms with Crippen molar-refractivity contribution >= 4 is 23.5 Å². The lowest BCUT2D eigenvalue weighted by atomic mass is 10.0. The number of benzene rings is 1. The van der Waals surface area contributed by atoms with Crippen LogP contribution in [0.25, 0.3) is 0 Å². The number of carbonyl (C=O) groups is 2. The molecule has 0 unspecified atom stereocenters. The van der Waals surface area contributed by atoms with Gasteiger partial charge in [-0.1, -0.05) is 6.92 Å². The third kappa shape index (κ3) is 4.61. The van der Waals surface area contributed by atoms with Crippen molar-refractivity contribution in [2.24, 2.45) is 0 Å². The van der Waals surface area contributed by atoms with E-state index in [-0.39, 0.29) is 34.6 Å². The molecule has 0 atom stereocenters. The second-order valence-corrected chi connectivity index (χ2v) is 6.82. The highest BCUT2D eigenvalue weighted by Crippen LogP contribution is 2.25. The van der Waals surface area contributed by atoms with Crippen LogP contribution in [0.1, 0.15) is 42.1 Å². The Balaban J connectivity index is 1.70. The van der Waals surface area contributed by atoms with E-state index in [1.807, 2.05) is 11.8 Å². The number of likely N-dealkylation sites (tertiary alicyclic amines) is 1. The van der Waals surface area contributed by atoms with E-state index < -0.39 is 11.6 Å². The van der Waals surface area contributed by atoms with Gasteiger partial charge < -0.3 is 20.7 Å². The number of rotatable bonds is 6. The van der Waals surface area contributed by atoms with Crippen molar-refractivity contribution in [3.05, 3.63) is 41.3 Å². The number of aromatic nitrogens is 2. The monoisotopic (exact) mass is 401 g/mol. The molecular weight excluding hydrogens is 377 g/mol. The minimum atomic E-state index is -0.556. The maximum Gasteiger partial charge on any atom is 0.224 e. The zero-order valence-corrected chi connectivity index (χ0v) is 16.4. The maximum absolute atomic E-state index is 13.6. The first-order chi connectivity index (χ1) is 13.9. The van der Waals surface area contributed by atoms with Crippen molar-refractivity contribution in [3.63, 3.8) is 0 Å². The van der Waals surface area contributed by atoms with Crippen LogP contribution in [-0.4, -0.2) is 52.8 Å². The van der Waals surface area contributed by atoms with E-state index in [1.165, 1.54) is 25.4 Å². The number of nitrogen functional groups attached to an aromatic ring is 1. The normalized spacial score (nSPS) is 14.5. The van der Waals surface area contributed by atoms with Crippen LogP contribution in [0.5, 0.6) is 5.75 Å². The molecule has 29 heavy (non-hydrogen) atoms. The molecular formula is C20H24FN5O3. The fourth-order valence-corrected chi connectivity index (χ4v) is 3.32. The van der Waals surface area contributed by atoms with E-state index >= 15 is 0 Å². The average molecular weight is 401 g/mol. The summed E-state index contributed by atoms with van der Waals surface area (Å²) in [6.45, 7) is 3.21. The van der Waals surface area contributed by atoms with Crippen LogP contribution in [0.2, 0.25) is 0 Å². The lowest BCUT2D eigenvalue weighted by molar-refractivity contribution is -0.131. The van der Waals surface area contributed by atoms with E-state index in [4.69, 9.17) is 10.5 Å². The van der Waals surface area contributed by atoms with Gasteiger partial charge >= 0.3 is 0 Å². The number of amides is 1. The SMILES string of the molecule is CCC(=O)N1CCC(Nc2ncc(C(=O)c3cc(F)ccc3OC)c(N)n2)CC1. The van der Waals surface area contributed by atoms with Gasteiger partial charge in [0.2, 0.25) is 17.6 Å². The van der Waals surface area contributed by atoms with Crippen LogP contribution in [-0.2, 0) is 4.79 Å². The number of ether oxygens (including phenoxy) is 1. The zero-order chi connectivity index (χ0) is 21.0. The molecule has 1 saturated heterocycles. The molecule has 3 rings (SSSR count). The number of piperidine rings is 1. The van der Waals surface area contributed by atoms with E-state index in [0.29, 0.717) is 25.5 Å². The molecule has 1 aromatic carbocycles. The highest BCUT2D eigenvalue weighted by Gasteiger charge is 2.23. The number of methoxy groups -OCH3 is 1. The summed E-state index contributed by atoms with van der Waals surface area (Å²) in [5.41, 5.74) is 6.10. The number of anilines is 2. The van der Waals surface area contributed by atoms with Crippen molar-refractivity contribution in [3.8, 4) is 5.75 Å².